The zero-order valence-corrected chi connectivity index (χ0v) is 17.9. The van der Waals surface area contributed by atoms with Crippen molar-refractivity contribution in [3.63, 3.8) is 0 Å². The molecule has 0 aliphatic heterocycles. The van der Waals surface area contributed by atoms with E-state index in [9.17, 15) is 14.4 Å². The van der Waals surface area contributed by atoms with E-state index in [0.717, 1.165) is 16.5 Å². The summed E-state index contributed by atoms with van der Waals surface area (Å²) in [6, 6.07) is 20.4. The fourth-order valence-corrected chi connectivity index (χ4v) is 3.16. The molecule has 0 atom stereocenters. The van der Waals surface area contributed by atoms with E-state index >= 15 is 0 Å². The van der Waals surface area contributed by atoms with E-state index in [0.29, 0.717) is 24.5 Å². The Kier molecular flexibility index (Phi) is 8.20. The molecule has 0 aliphatic carbocycles. The third kappa shape index (κ3) is 6.84. The molecule has 7 heteroatoms. The molecule has 0 aromatic heterocycles. The van der Waals surface area contributed by atoms with E-state index in [2.05, 4.69) is 10.6 Å². The second-order valence-corrected chi connectivity index (χ2v) is 7.09. The summed E-state index contributed by atoms with van der Waals surface area (Å²) >= 11 is 0. The lowest BCUT2D eigenvalue weighted by molar-refractivity contribution is -0.147. The van der Waals surface area contributed by atoms with E-state index in [1.807, 2.05) is 49.4 Å². The lowest BCUT2D eigenvalue weighted by Gasteiger charge is -2.09. The van der Waals surface area contributed by atoms with Gasteiger partial charge in [-0.15, -0.1) is 0 Å². The van der Waals surface area contributed by atoms with Crippen molar-refractivity contribution in [2.75, 3.05) is 23.8 Å². The number of ether oxygens (including phenoxy) is 2. The van der Waals surface area contributed by atoms with Crippen LogP contribution in [0, 0.1) is 0 Å². The maximum Gasteiger partial charge on any atom is 0.306 e. The van der Waals surface area contributed by atoms with Gasteiger partial charge in [0.15, 0.2) is 6.61 Å². The Labute approximate surface area is 186 Å². The highest BCUT2D eigenvalue weighted by Crippen LogP contribution is 2.23. The molecule has 166 valence electrons. The van der Waals surface area contributed by atoms with Crippen LogP contribution in [-0.4, -0.2) is 31.0 Å². The van der Waals surface area contributed by atoms with Gasteiger partial charge in [-0.1, -0.05) is 36.4 Å². The summed E-state index contributed by atoms with van der Waals surface area (Å²) < 4.78 is 10.3. The summed E-state index contributed by atoms with van der Waals surface area (Å²) in [5.74, 6) is -0.426. The molecule has 3 aromatic carbocycles. The van der Waals surface area contributed by atoms with E-state index in [-0.39, 0.29) is 25.4 Å². The summed E-state index contributed by atoms with van der Waals surface area (Å²) in [7, 11) is 0. The monoisotopic (exact) mass is 434 g/mol. The lowest BCUT2D eigenvalue weighted by atomic mass is 10.1. The van der Waals surface area contributed by atoms with Gasteiger partial charge in [0.2, 0.25) is 5.91 Å². The molecular formula is C25H26N2O5. The fraction of sp³-hybridized carbons (Fsp3) is 0.240. The summed E-state index contributed by atoms with van der Waals surface area (Å²) in [6.45, 7) is 2.07. The molecule has 0 unspecified atom stereocenters. The molecule has 0 spiro atoms. The summed E-state index contributed by atoms with van der Waals surface area (Å²) in [5, 5.41) is 7.53. The van der Waals surface area contributed by atoms with Crippen LogP contribution in [0.25, 0.3) is 10.8 Å². The highest BCUT2D eigenvalue weighted by Gasteiger charge is 2.10. The van der Waals surface area contributed by atoms with E-state index < -0.39 is 11.9 Å². The molecule has 3 aromatic rings. The third-order valence-corrected chi connectivity index (χ3v) is 4.66. The van der Waals surface area contributed by atoms with Gasteiger partial charge in [0.25, 0.3) is 5.91 Å². The van der Waals surface area contributed by atoms with Crippen molar-refractivity contribution < 1.29 is 23.9 Å². The maximum atomic E-state index is 12.2. The molecule has 2 N–H and O–H groups in total. The molecular weight excluding hydrogens is 408 g/mol. The molecule has 0 fully saturated rings. The van der Waals surface area contributed by atoms with Crippen LogP contribution in [0.3, 0.4) is 0 Å². The first-order chi connectivity index (χ1) is 15.5. The number of anilines is 2. The van der Waals surface area contributed by atoms with Gasteiger partial charge in [0.1, 0.15) is 5.75 Å². The second kappa shape index (κ2) is 11.5. The number of carbonyl (C=O) groups excluding carboxylic acids is 3. The Hall–Kier alpha value is -3.87. The number of hydrogen-bond acceptors (Lipinski definition) is 5. The number of carbonyl (C=O) groups is 3. The van der Waals surface area contributed by atoms with E-state index in [1.165, 1.54) is 0 Å². The Morgan fingerprint density at radius 3 is 2.34 bits per heavy atom. The van der Waals surface area contributed by atoms with Gasteiger partial charge in [0, 0.05) is 29.6 Å². The van der Waals surface area contributed by atoms with Crippen molar-refractivity contribution >= 4 is 39.9 Å². The molecule has 3 rings (SSSR count). The van der Waals surface area contributed by atoms with Crippen LogP contribution in [0.15, 0.2) is 66.7 Å². The Bertz CT molecular complexity index is 1070. The van der Waals surface area contributed by atoms with Crippen LogP contribution in [0.1, 0.15) is 26.2 Å². The van der Waals surface area contributed by atoms with Gasteiger partial charge in [-0.25, -0.2) is 0 Å². The van der Waals surface area contributed by atoms with E-state index in [1.54, 1.807) is 24.3 Å². The van der Waals surface area contributed by atoms with Crippen molar-refractivity contribution in [3.8, 4) is 5.75 Å². The standard InChI is InChI=1S/C25H26N2O5/c1-2-31-20-15-13-19(14-16-20)26-24(29)17-32-25(30)12-6-11-23(28)27-22-10-5-8-18-7-3-4-9-21(18)22/h3-5,7-10,13-16H,2,6,11-12,17H2,1H3,(H,26,29)(H,27,28). The molecule has 2 amide bonds. The van der Waals surface area contributed by atoms with Crippen LogP contribution in [0.5, 0.6) is 5.75 Å². The van der Waals surface area contributed by atoms with Crippen molar-refractivity contribution in [1.82, 2.24) is 0 Å². The molecule has 0 saturated carbocycles. The number of esters is 1. The van der Waals surface area contributed by atoms with Gasteiger partial charge in [-0.05, 0) is 49.1 Å². The van der Waals surface area contributed by atoms with Crippen molar-refractivity contribution in [1.29, 1.82) is 0 Å². The first kappa shape index (κ1) is 22.8. The van der Waals surface area contributed by atoms with Gasteiger partial charge in [0.05, 0.1) is 6.61 Å². The normalized spacial score (nSPS) is 10.4. The number of rotatable bonds is 10. The molecule has 7 nitrogen and oxygen atoms in total. The number of amides is 2. The topological polar surface area (TPSA) is 93.7 Å². The van der Waals surface area contributed by atoms with Crippen molar-refractivity contribution in [2.24, 2.45) is 0 Å². The van der Waals surface area contributed by atoms with Crippen molar-refractivity contribution in [3.05, 3.63) is 66.7 Å². The zero-order chi connectivity index (χ0) is 22.8. The quantitative estimate of drug-likeness (QED) is 0.457. The van der Waals surface area contributed by atoms with Crippen molar-refractivity contribution in [2.45, 2.75) is 26.2 Å². The minimum atomic E-state index is -0.523. The van der Waals surface area contributed by atoms with Gasteiger partial charge in [-0.2, -0.15) is 0 Å². The van der Waals surface area contributed by atoms with Gasteiger partial charge < -0.3 is 20.1 Å². The first-order valence-corrected chi connectivity index (χ1v) is 10.5. The minimum Gasteiger partial charge on any atom is -0.494 e. The molecule has 0 aliphatic rings. The van der Waals surface area contributed by atoms with Gasteiger partial charge >= 0.3 is 5.97 Å². The SMILES string of the molecule is CCOc1ccc(NC(=O)COC(=O)CCCC(=O)Nc2cccc3ccccc23)cc1. The average molecular weight is 434 g/mol. The zero-order valence-electron chi connectivity index (χ0n) is 17.9. The summed E-state index contributed by atoms with van der Waals surface area (Å²) in [5.41, 5.74) is 1.32. The third-order valence-electron chi connectivity index (χ3n) is 4.66. The molecule has 0 heterocycles. The highest BCUT2D eigenvalue weighted by atomic mass is 16.5. The molecule has 0 saturated heterocycles. The van der Waals surface area contributed by atoms with E-state index in [4.69, 9.17) is 9.47 Å². The summed E-state index contributed by atoms with van der Waals surface area (Å²) in [6.07, 6.45) is 0.561. The predicted octanol–water partition coefficient (Wildman–Crippen LogP) is 4.53. The minimum absolute atomic E-state index is 0.0549. The number of benzene rings is 3. The molecule has 0 bridgehead atoms. The second-order valence-electron chi connectivity index (χ2n) is 7.09. The Balaban J connectivity index is 1.35. The maximum absolute atomic E-state index is 12.2. The molecule has 0 radical (unpaired) electrons. The highest BCUT2D eigenvalue weighted by molar-refractivity contribution is 6.02. The number of hydrogen-bond donors (Lipinski definition) is 2. The number of fused-ring (bicyclic) bond motifs is 1. The van der Waals surface area contributed by atoms with Crippen LogP contribution >= 0.6 is 0 Å². The molecule has 32 heavy (non-hydrogen) atoms. The Morgan fingerprint density at radius 2 is 1.56 bits per heavy atom. The summed E-state index contributed by atoms with van der Waals surface area (Å²) in [4.78, 5) is 36.1. The van der Waals surface area contributed by atoms with Crippen LogP contribution in [0.4, 0.5) is 11.4 Å². The van der Waals surface area contributed by atoms with Crippen LogP contribution in [0.2, 0.25) is 0 Å². The lowest BCUT2D eigenvalue weighted by Crippen LogP contribution is -2.21. The predicted molar refractivity (Wildman–Crippen MR) is 124 cm³/mol. The number of nitrogens with one attached hydrogen (secondary N) is 2. The average Bonchev–Trinajstić information content (AvgIpc) is 2.79. The van der Waals surface area contributed by atoms with Crippen LogP contribution in [-0.2, 0) is 19.1 Å². The van der Waals surface area contributed by atoms with Crippen LogP contribution < -0.4 is 15.4 Å². The Morgan fingerprint density at radius 1 is 0.812 bits per heavy atom. The first-order valence-electron chi connectivity index (χ1n) is 10.5. The smallest absolute Gasteiger partial charge is 0.306 e. The largest absolute Gasteiger partial charge is 0.494 e. The van der Waals surface area contributed by atoms with Gasteiger partial charge in [-0.3, -0.25) is 14.4 Å². The fourth-order valence-electron chi connectivity index (χ4n) is 3.16.